The number of aryl methyl sites for hydroxylation is 1. The molecule has 3 aromatic rings. The zero-order valence-corrected chi connectivity index (χ0v) is 12.9. The molecule has 0 aliphatic carbocycles. The van der Waals surface area contributed by atoms with Gasteiger partial charge in [0, 0.05) is 17.8 Å². The van der Waals surface area contributed by atoms with Crippen LogP contribution >= 0.6 is 0 Å². The van der Waals surface area contributed by atoms with Gasteiger partial charge in [0.2, 0.25) is 5.88 Å². The van der Waals surface area contributed by atoms with Gasteiger partial charge < -0.3 is 4.74 Å². The van der Waals surface area contributed by atoms with E-state index in [9.17, 15) is 26.3 Å². The van der Waals surface area contributed by atoms with E-state index in [-0.39, 0.29) is 17.2 Å². The van der Waals surface area contributed by atoms with Crippen molar-refractivity contribution in [3.05, 3.63) is 35.8 Å². The highest BCUT2D eigenvalue weighted by Gasteiger charge is 2.37. The van der Waals surface area contributed by atoms with Crippen molar-refractivity contribution in [2.24, 2.45) is 0 Å². The fourth-order valence-corrected chi connectivity index (χ4v) is 2.14. The Morgan fingerprint density at radius 2 is 1.81 bits per heavy atom. The minimum atomic E-state index is -4.74. The lowest BCUT2D eigenvalue weighted by Gasteiger charge is -2.11. The molecular formula is C14H9F6N5O. The predicted octanol–water partition coefficient (Wildman–Crippen LogP) is 3.45. The van der Waals surface area contributed by atoms with Gasteiger partial charge in [-0.25, -0.2) is 4.98 Å². The SMILES string of the molecule is Cc1cc(OCC(F)(F)F)ncc1-c1ccc2nnc(C(F)(F)F)n2n1. The van der Waals surface area contributed by atoms with Gasteiger partial charge >= 0.3 is 12.4 Å². The Labute approximate surface area is 141 Å². The van der Waals surface area contributed by atoms with E-state index in [2.05, 4.69) is 25.0 Å². The first-order valence-electron chi connectivity index (χ1n) is 7.01. The summed E-state index contributed by atoms with van der Waals surface area (Å²) in [5.41, 5.74) is 0.769. The van der Waals surface area contributed by atoms with Gasteiger partial charge in [-0.3, -0.25) is 0 Å². The van der Waals surface area contributed by atoms with Crippen molar-refractivity contribution in [2.45, 2.75) is 19.3 Å². The smallest absolute Gasteiger partial charge is 0.453 e. The lowest BCUT2D eigenvalue weighted by molar-refractivity contribution is -0.154. The molecular weight excluding hydrogens is 368 g/mol. The van der Waals surface area contributed by atoms with E-state index in [0.29, 0.717) is 15.6 Å². The highest BCUT2D eigenvalue weighted by atomic mass is 19.4. The normalized spacial score (nSPS) is 12.6. The minimum Gasteiger partial charge on any atom is -0.468 e. The number of hydrogen-bond acceptors (Lipinski definition) is 5. The van der Waals surface area contributed by atoms with E-state index in [1.54, 1.807) is 6.92 Å². The van der Waals surface area contributed by atoms with Crippen LogP contribution < -0.4 is 4.74 Å². The van der Waals surface area contributed by atoms with E-state index < -0.39 is 24.8 Å². The largest absolute Gasteiger partial charge is 0.468 e. The van der Waals surface area contributed by atoms with Crippen LogP contribution in [0.15, 0.2) is 24.4 Å². The third kappa shape index (κ3) is 3.68. The number of ether oxygens (including phenoxy) is 1. The van der Waals surface area contributed by atoms with E-state index in [0.717, 1.165) is 0 Å². The summed E-state index contributed by atoms with van der Waals surface area (Å²) in [6, 6.07) is 3.94. The average molecular weight is 377 g/mol. The summed E-state index contributed by atoms with van der Waals surface area (Å²) in [4.78, 5) is 3.73. The zero-order chi connectivity index (χ0) is 19.1. The second kappa shape index (κ2) is 6.11. The van der Waals surface area contributed by atoms with Crippen LogP contribution in [-0.2, 0) is 6.18 Å². The second-order valence-corrected chi connectivity index (χ2v) is 5.25. The molecule has 0 radical (unpaired) electrons. The fourth-order valence-electron chi connectivity index (χ4n) is 2.14. The van der Waals surface area contributed by atoms with Crippen molar-refractivity contribution in [3.8, 4) is 17.1 Å². The van der Waals surface area contributed by atoms with Gasteiger partial charge in [-0.1, -0.05) is 0 Å². The van der Waals surface area contributed by atoms with Gasteiger partial charge in [0.25, 0.3) is 5.82 Å². The molecule has 0 amide bonds. The maximum absolute atomic E-state index is 12.9. The first-order valence-corrected chi connectivity index (χ1v) is 7.01. The van der Waals surface area contributed by atoms with E-state index in [1.807, 2.05) is 0 Å². The topological polar surface area (TPSA) is 65.2 Å². The number of alkyl halides is 6. The number of nitrogens with zero attached hydrogens (tertiary/aromatic N) is 5. The van der Waals surface area contributed by atoms with E-state index >= 15 is 0 Å². The van der Waals surface area contributed by atoms with Gasteiger partial charge in [0.1, 0.15) is 0 Å². The predicted molar refractivity (Wildman–Crippen MR) is 75.3 cm³/mol. The first-order chi connectivity index (χ1) is 12.0. The lowest BCUT2D eigenvalue weighted by atomic mass is 10.1. The van der Waals surface area contributed by atoms with Gasteiger partial charge in [-0.2, -0.15) is 36.0 Å². The molecule has 0 unspecified atom stereocenters. The highest BCUT2D eigenvalue weighted by molar-refractivity contribution is 5.63. The Kier molecular flexibility index (Phi) is 4.20. The van der Waals surface area contributed by atoms with Crippen molar-refractivity contribution in [1.82, 2.24) is 24.8 Å². The molecule has 0 saturated carbocycles. The Hall–Kier alpha value is -2.92. The molecule has 12 heteroatoms. The average Bonchev–Trinajstić information content (AvgIpc) is 2.95. The summed E-state index contributed by atoms with van der Waals surface area (Å²) in [6.07, 6.45) is -8.08. The minimum absolute atomic E-state index is 0.100. The van der Waals surface area contributed by atoms with Crippen LogP contribution in [0.25, 0.3) is 16.9 Å². The fraction of sp³-hybridized carbons (Fsp3) is 0.286. The molecule has 0 aliphatic rings. The van der Waals surface area contributed by atoms with Gasteiger partial charge in [-0.15, -0.1) is 10.2 Å². The van der Waals surface area contributed by atoms with Gasteiger partial charge in [-0.05, 0) is 24.6 Å². The van der Waals surface area contributed by atoms with Crippen LogP contribution in [0.3, 0.4) is 0 Å². The molecule has 0 saturated heterocycles. The summed E-state index contributed by atoms with van der Waals surface area (Å²) >= 11 is 0. The molecule has 138 valence electrons. The quantitative estimate of drug-likeness (QED) is 0.654. The van der Waals surface area contributed by atoms with Crippen molar-refractivity contribution in [3.63, 3.8) is 0 Å². The zero-order valence-electron chi connectivity index (χ0n) is 12.9. The molecule has 26 heavy (non-hydrogen) atoms. The standard InChI is InChI=1S/C14H9F6N5O/c1-7-4-11(26-6-13(15,16)17)21-5-8(7)9-2-3-10-22-23-12(14(18,19)20)25(10)24-9/h2-5H,6H2,1H3. The second-order valence-electron chi connectivity index (χ2n) is 5.25. The third-order valence-corrected chi connectivity index (χ3v) is 3.26. The Bertz CT molecular complexity index is 949. The summed E-state index contributed by atoms with van der Waals surface area (Å²) in [5.74, 6) is -1.55. The Morgan fingerprint density at radius 3 is 2.42 bits per heavy atom. The first kappa shape index (κ1) is 17.9. The molecule has 6 nitrogen and oxygen atoms in total. The van der Waals surface area contributed by atoms with Gasteiger partial charge in [0.15, 0.2) is 12.3 Å². The number of rotatable bonds is 3. The summed E-state index contributed by atoms with van der Waals surface area (Å²) in [5, 5.41) is 10.3. The van der Waals surface area contributed by atoms with E-state index in [1.165, 1.54) is 24.4 Å². The molecule has 3 heterocycles. The number of halogens is 6. The molecule has 0 atom stereocenters. The number of fused-ring (bicyclic) bond motifs is 1. The molecule has 0 bridgehead atoms. The number of pyridine rings is 1. The van der Waals surface area contributed by atoms with Gasteiger partial charge in [0.05, 0.1) is 5.69 Å². The molecule has 0 aliphatic heterocycles. The van der Waals surface area contributed by atoms with Crippen LogP contribution in [0, 0.1) is 6.92 Å². The third-order valence-electron chi connectivity index (χ3n) is 3.26. The van der Waals surface area contributed by atoms with E-state index in [4.69, 9.17) is 0 Å². The maximum Gasteiger partial charge on any atom is 0.453 e. The van der Waals surface area contributed by atoms with Crippen molar-refractivity contribution in [2.75, 3.05) is 6.61 Å². The summed E-state index contributed by atoms with van der Waals surface area (Å²) < 4.78 is 80.3. The maximum atomic E-state index is 12.9. The van der Waals surface area contributed by atoms with Crippen molar-refractivity contribution < 1.29 is 31.1 Å². The van der Waals surface area contributed by atoms with Crippen molar-refractivity contribution in [1.29, 1.82) is 0 Å². The van der Waals surface area contributed by atoms with Crippen LogP contribution in [0.2, 0.25) is 0 Å². The number of hydrogen-bond donors (Lipinski definition) is 0. The van der Waals surface area contributed by atoms with Crippen LogP contribution in [0.1, 0.15) is 11.4 Å². The molecule has 0 N–H and O–H groups in total. The lowest BCUT2D eigenvalue weighted by Crippen LogP contribution is -2.19. The Balaban J connectivity index is 1.96. The molecule has 3 rings (SSSR count). The summed E-state index contributed by atoms with van der Waals surface area (Å²) in [7, 11) is 0. The number of aromatic nitrogens is 5. The molecule has 0 spiro atoms. The molecule has 3 aromatic heterocycles. The van der Waals surface area contributed by atoms with Crippen molar-refractivity contribution >= 4 is 5.65 Å². The Morgan fingerprint density at radius 1 is 1.08 bits per heavy atom. The monoisotopic (exact) mass is 377 g/mol. The molecule has 0 aromatic carbocycles. The van der Waals surface area contributed by atoms with Crippen LogP contribution in [0.4, 0.5) is 26.3 Å². The highest BCUT2D eigenvalue weighted by Crippen LogP contribution is 2.29. The summed E-state index contributed by atoms with van der Waals surface area (Å²) in [6.45, 7) is 0.0405. The molecule has 0 fully saturated rings. The van der Waals surface area contributed by atoms with Crippen LogP contribution in [0.5, 0.6) is 5.88 Å². The van der Waals surface area contributed by atoms with Crippen LogP contribution in [-0.4, -0.2) is 37.6 Å².